The van der Waals surface area contributed by atoms with E-state index in [-0.39, 0.29) is 18.1 Å². The predicted molar refractivity (Wildman–Crippen MR) is 54.2 cm³/mol. The van der Waals surface area contributed by atoms with Gasteiger partial charge in [0.15, 0.2) is 11.5 Å². The molecule has 1 aromatic rings. The van der Waals surface area contributed by atoms with Gasteiger partial charge < -0.3 is 24.7 Å². The summed E-state index contributed by atoms with van der Waals surface area (Å²) in [5.74, 6) is 0.802. The van der Waals surface area contributed by atoms with Gasteiger partial charge in [-0.05, 0) is 0 Å². The van der Waals surface area contributed by atoms with E-state index in [0.717, 1.165) is 0 Å². The van der Waals surface area contributed by atoms with E-state index < -0.39 is 5.91 Å². The molecule has 0 unspecified atom stereocenters. The first-order valence-corrected chi connectivity index (χ1v) is 4.53. The maximum atomic E-state index is 11.2. The fourth-order valence-corrected chi connectivity index (χ4v) is 1.55. The molecule has 0 atom stereocenters. The van der Waals surface area contributed by atoms with E-state index in [1.807, 2.05) is 0 Å². The Kier molecular flexibility index (Phi) is 2.47. The van der Waals surface area contributed by atoms with Gasteiger partial charge in [0.25, 0.3) is 5.91 Å². The molecule has 0 saturated heterocycles. The molecule has 0 aliphatic carbocycles. The van der Waals surface area contributed by atoms with Crippen molar-refractivity contribution in [2.45, 2.75) is 0 Å². The third-order valence-corrected chi connectivity index (χ3v) is 2.25. The lowest BCUT2D eigenvalue weighted by molar-refractivity contribution is 0.0996. The highest BCUT2D eigenvalue weighted by molar-refractivity contribution is 5.98. The molecule has 2 rings (SSSR count). The number of nitrogens with two attached hydrogens (primary N) is 1. The molecule has 6 nitrogen and oxygen atoms in total. The first-order valence-electron chi connectivity index (χ1n) is 4.53. The van der Waals surface area contributed by atoms with E-state index >= 15 is 0 Å². The van der Waals surface area contributed by atoms with Crippen LogP contribution in [-0.2, 0) is 0 Å². The Labute approximate surface area is 91.8 Å². The minimum atomic E-state index is -0.617. The van der Waals surface area contributed by atoms with Gasteiger partial charge in [-0.3, -0.25) is 4.79 Å². The molecule has 0 bridgehead atoms. The number of fused-ring (bicyclic) bond motifs is 1. The standard InChI is InChI=1S/C10H11NO5/c1-13-6-3-5(10(11)12)7(14-2)9-8(6)15-4-16-9/h3H,4H2,1-2H3,(H2,11,12). The summed E-state index contributed by atoms with van der Waals surface area (Å²) in [6.07, 6.45) is 0. The van der Waals surface area contributed by atoms with Crippen molar-refractivity contribution in [1.29, 1.82) is 0 Å². The number of rotatable bonds is 3. The van der Waals surface area contributed by atoms with Gasteiger partial charge in [0.2, 0.25) is 18.3 Å². The summed E-state index contributed by atoms with van der Waals surface area (Å²) in [5.41, 5.74) is 5.43. The van der Waals surface area contributed by atoms with Gasteiger partial charge in [0, 0.05) is 6.07 Å². The van der Waals surface area contributed by atoms with Crippen LogP contribution < -0.4 is 24.7 Å². The van der Waals surface area contributed by atoms with Crippen LogP contribution in [0.25, 0.3) is 0 Å². The third kappa shape index (κ3) is 1.39. The van der Waals surface area contributed by atoms with Crippen LogP contribution in [0.4, 0.5) is 0 Å². The van der Waals surface area contributed by atoms with Crippen LogP contribution in [0, 0.1) is 0 Å². The van der Waals surface area contributed by atoms with Gasteiger partial charge in [0.1, 0.15) is 0 Å². The number of hydrogen-bond acceptors (Lipinski definition) is 5. The molecule has 0 aromatic heterocycles. The molecule has 2 N–H and O–H groups in total. The molecule has 1 aliphatic heterocycles. The molecule has 16 heavy (non-hydrogen) atoms. The zero-order valence-electron chi connectivity index (χ0n) is 8.90. The lowest BCUT2D eigenvalue weighted by Crippen LogP contribution is -2.13. The summed E-state index contributed by atoms with van der Waals surface area (Å²) >= 11 is 0. The fourth-order valence-electron chi connectivity index (χ4n) is 1.55. The van der Waals surface area contributed by atoms with Crippen LogP contribution in [0.1, 0.15) is 10.4 Å². The molecule has 0 saturated carbocycles. The average Bonchev–Trinajstić information content (AvgIpc) is 2.75. The van der Waals surface area contributed by atoms with Gasteiger partial charge in [-0.2, -0.15) is 0 Å². The van der Waals surface area contributed by atoms with E-state index in [2.05, 4.69) is 0 Å². The van der Waals surface area contributed by atoms with Gasteiger partial charge >= 0.3 is 0 Å². The average molecular weight is 225 g/mol. The predicted octanol–water partition coefficient (Wildman–Crippen LogP) is 0.531. The van der Waals surface area contributed by atoms with Crippen molar-refractivity contribution >= 4 is 5.91 Å². The highest BCUT2D eigenvalue weighted by atomic mass is 16.7. The summed E-state index contributed by atoms with van der Waals surface area (Å²) in [4.78, 5) is 11.2. The van der Waals surface area contributed by atoms with E-state index in [9.17, 15) is 4.79 Å². The zero-order chi connectivity index (χ0) is 11.7. The Morgan fingerprint density at radius 2 is 2.00 bits per heavy atom. The molecule has 0 radical (unpaired) electrons. The minimum Gasteiger partial charge on any atom is -0.493 e. The van der Waals surface area contributed by atoms with Gasteiger partial charge in [-0.1, -0.05) is 0 Å². The first-order chi connectivity index (χ1) is 7.69. The Hall–Kier alpha value is -2.11. The lowest BCUT2D eigenvalue weighted by atomic mass is 10.1. The van der Waals surface area contributed by atoms with Crippen LogP contribution in [0.2, 0.25) is 0 Å². The number of hydrogen-bond donors (Lipinski definition) is 1. The van der Waals surface area contributed by atoms with E-state index in [4.69, 9.17) is 24.7 Å². The monoisotopic (exact) mass is 225 g/mol. The number of carbonyl (C=O) groups is 1. The topological polar surface area (TPSA) is 80.0 Å². The molecular weight excluding hydrogens is 214 g/mol. The molecule has 1 aliphatic rings. The number of primary amides is 1. The second-order valence-electron chi connectivity index (χ2n) is 3.09. The smallest absolute Gasteiger partial charge is 0.252 e. The maximum absolute atomic E-state index is 11.2. The van der Waals surface area contributed by atoms with Crippen LogP contribution in [0.3, 0.4) is 0 Å². The Morgan fingerprint density at radius 1 is 1.31 bits per heavy atom. The van der Waals surface area contributed by atoms with Crippen molar-refractivity contribution in [3.8, 4) is 23.0 Å². The number of methoxy groups -OCH3 is 2. The SMILES string of the molecule is COc1cc(C(N)=O)c(OC)c2c1OCO2. The van der Waals surface area contributed by atoms with Crippen molar-refractivity contribution in [3.63, 3.8) is 0 Å². The largest absolute Gasteiger partial charge is 0.493 e. The molecule has 6 heteroatoms. The quantitative estimate of drug-likeness (QED) is 0.811. The second-order valence-corrected chi connectivity index (χ2v) is 3.09. The fraction of sp³-hybridized carbons (Fsp3) is 0.300. The summed E-state index contributed by atoms with van der Waals surface area (Å²) in [7, 11) is 2.89. The van der Waals surface area contributed by atoms with Crippen molar-refractivity contribution in [1.82, 2.24) is 0 Å². The number of amides is 1. The van der Waals surface area contributed by atoms with Crippen LogP contribution in [0.5, 0.6) is 23.0 Å². The molecule has 1 aromatic carbocycles. The molecule has 0 spiro atoms. The summed E-state index contributed by atoms with van der Waals surface area (Å²) in [6, 6.07) is 1.47. The summed E-state index contributed by atoms with van der Waals surface area (Å²) in [6.45, 7) is 0.0598. The van der Waals surface area contributed by atoms with E-state index in [0.29, 0.717) is 17.2 Å². The van der Waals surface area contributed by atoms with Crippen molar-refractivity contribution in [2.75, 3.05) is 21.0 Å². The Bertz CT molecular complexity index is 443. The molecule has 1 amide bonds. The molecule has 86 valence electrons. The van der Waals surface area contributed by atoms with Crippen LogP contribution in [0.15, 0.2) is 6.07 Å². The Morgan fingerprint density at radius 3 is 2.56 bits per heavy atom. The minimum absolute atomic E-state index is 0.0598. The van der Waals surface area contributed by atoms with Gasteiger partial charge in [-0.15, -0.1) is 0 Å². The van der Waals surface area contributed by atoms with Crippen molar-refractivity contribution < 1.29 is 23.7 Å². The van der Waals surface area contributed by atoms with Gasteiger partial charge in [-0.25, -0.2) is 0 Å². The van der Waals surface area contributed by atoms with Crippen LogP contribution >= 0.6 is 0 Å². The highest BCUT2D eigenvalue weighted by Gasteiger charge is 2.28. The van der Waals surface area contributed by atoms with Crippen LogP contribution in [-0.4, -0.2) is 26.9 Å². The third-order valence-electron chi connectivity index (χ3n) is 2.25. The van der Waals surface area contributed by atoms with E-state index in [1.165, 1.54) is 20.3 Å². The number of ether oxygens (including phenoxy) is 4. The maximum Gasteiger partial charge on any atom is 0.252 e. The normalized spacial score (nSPS) is 12.4. The first kappa shape index (κ1) is 10.4. The lowest BCUT2D eigenvalue weighted by Gasteiger charge is -2.11. The van der Waals surface area contributed by atoms with E-state index in [1.54, 1.807) is 0 Å². The number of carbonyl (C=O) groups excluding carboxylic acids is 1. The highest BCUT2D eigenvalue weighted by Crippen LogP contribution is 2.49. The molecular formula is C10H11NO5. The molecule has 0 fully saturated rings. The van der Waals surface area contributed by atoms with Gasteiger partial charge in [0.05, 0.1) is 19.8 Å². The summed E-state index contributed by atoms with van der Waals surface area (Å²) in [5, 5.41) is 0. The zero-order valence-corrected chi connectivity index (χ0v) is 8.90. The second kappa shape index (κ2) is 3.80. The summed E-state index contributed by atoms with van der Waals surface area (Å²) < 4.78 is 20.6. The number of benzene rings is 1. The Balaban J connectivity index is 2.68. The van der Waals surface area contributed by atoms with Crippen molar-refractivity contribution in [3.05, 3.63) is 11.6 Å². The van der Waals surface area contributed by atoms with Crippen molar-refractivity contribution in [2.24, 2.45) is 5.73 Å². The molecule has 1 heterocycles.